The van der Waals surface area contributed by atoms with Crippen LogP contribution in [0, 0.1) is 0 Å². The van der Waals surface area contributed by atoms with Crippen molar-refractivity contribution in [2.45, 2.75) is 0 Å². The molecule has 0 aliphatic rings. The van der Waals surface area contributed by atoms with E-state index in [4.69, 9.17) is 0 Å². The van der Waals surface area contributed by atoms with Gasteiger partial charge in [-0.05, 0) is 16.7 Å². The molecule has 0 fully saturated rings. The molecular formula is C14H14Sr. The average molecular weight is 270 g/mol. The molecule has 72 valence electrons. The van der Waals surface area contributed by atoms with Gasteiger partial charge in [0.25, 0.3) is 0 Å². The van der Waals surface area contributed by atoms with Crippen molar-refractivity contribution in [1.29, 1.82) is 0 Å². The van der Waals surface area contributed by atoms with Gasteiger partial charge in [-0.3, -0.25) is 0 Å². The van der Waals surface area contributed by atoms with Crippen LogP contribution in [0.4, 0.5) is 0 Å². The molecule has 0 aliphatic heterocycles. The van der Waals surface area contributed by atoms with Crippen molar-refractivity contribution in [2.75, 3.05) is 0 Å². The molecule has 0 N–H and O–H groups in total. The van der Waals surface area contributed by atoms with Crippen LogP contribution in [0.2, 0.25) is 0 Å². The third kappa shape index (κ3) is 3.32. The van der Waals surface area contributed by atoms with Crippen molar-refractivity contribution >= 4 is 51.1 Å². The Balaban J connectivity index is 0. The number of hydrogen-bond donors (Lipinski definition) is 0. The molecule has 2 rings (SSSR count). The Kier molecular flexibility index (Phi) is 5.34. The van der Waals surface area contributed by atoms with Crippen LogP contribution in [0.25, 0.3) is 5.57 Å². The van der Waals surface area contributed by atoms with Gasteiger partial charge in [0.05, 0.1) is 0 Å². The fourth-order valence-corrected chi connectivity index (χ4v) is 1.45. The van der Waals surface area contributed by atoms with Gasteiger partial charge in [-0.25, -0.2) is 0 Å². The van der Waals surface area contributed by atoms with Crippen LogP contribution < -0.4 is 0 Å². The van der Waals surface area contributed by atoms with Crippen LogP contribution in [0.3, 0.4) is 0 Å². The van der Waals surface area contributed by atoms with Gasteiger partial charge >= 0.3 is 45.5 Å². The third-order valence-corrected chi connectivity index (χ3v) is 2.24. The van der Waals surface area contributed by atoms with E-state index < -0.39 is 0 Å². The van der Waals surface area contributed by atoms with Crippen molar-refractivity contribution < 1.29 is 2.85 Å². The first-order valence-corrected chi connectivity index (χ1v) is 4.67. The summed E-state index contributed by atoms with van der Waals surface area (Å²) in [7, 11) is 0. The van der Waals surface area contributed by atoms with Crippen LogP contribution in [-0.4, -0.2) is 45.5 Å². The molecule has 15 heavy (non-hydrogen) atoms. The van der Waals surface area contributed by atoms with Crippen LogP contribution in [0.15, 0.2) is 67.2 Å². The normalized spacial score (nSPS) is 9.07. The van der Waals surface area contributed by atoms with Crippen LogP contribution in [-0.2, 0) is 0 Å². The Morgan fingerprint density at radius 1 is 0.733 bits per heavy atom. The zero-order valence-electron chi connectivity index (χ0n) is 10.7. The minimum absolute atomic E-state index is 0. The van der Waals surface area contributed by atoms with Crippen LogP contribution >= 0.6 is 0 Å². The summed E-state index contributed by atoms with van der Waals surface area (Å²) in [6.07, 6.45) is 0. The Hall–Kier alpha value is -0.339. The minimum atomic E-state index is 0. The first-order chi connectivity index (χ1) is 6.88. The van der Waals surface area contributed by atoms with Gasteiger partial charge in [0, 0.05) is 0 Å². The van der Waals surface area contributed by atoms with Crippen molar-refractivity contribution in [3.8, 4) is 0 Å². The second-order valence-corrected chi connectivity index (χ2v) is 3.21. The summed E-state index contributed by atoms with van der Waals surface area (Å²) in [6, 6.07) is 20.5. The van der Waals surface area contributed by atoms with Crippen molar-refractivity contribution in [3.63, 3.8) is 0 Å². The maximum atomic E-state index is 4.10. The molecule has 2 aromatic carbocycles. The minimum Gasteiger partial charge on any atom is -1.00 e. The summed E-state index contributed by atoms with van der Waals surface area (Å²) in [4.78, 5) is 0. The van der Waals surface area contributed by atoms with E-state index in [1.807, 2.05) is 36.4 Å². The molecule has 0 radical (unpaired) electrons. The smallest absolute Gasteiger partial charge is 1.00 e. The first kappa shape index (κ1) is 12.7. The number of benzene rings is 2. The Morgan fingerprint density at radius 3 is 1.40 bits per heavy atom. The Morgan fingerprint density at radius 2 is 1.07 bits per heavy atom. The molecule has 0 unspecified atom stereocenters. The van der Waals surface area contributed by atoms with E-state index in [0.29, 0.717) is 0 Å². The molecule has 2 aromatic rings. The standard InChI is InChI=1S/C14H12.Sr.2H/c1-12(13-8-4-2-5-9-13)14-10-6-3-7-11-14;;;/h2-11H,1H2;;;/q;+2;2*-1. The molecule has 0 aromatic heterocycles. The first-order valence-electron chi connectivity index (χ1n) is 4.67. The van der Waals surface area contributed by atoms with Gasteiger partial charge in [0.1, 0.15) is 0 Å². The summed E-state index contributed by atoms with van der Waals surface area (Å²) >= 11 is 0. The van der Waals surface area contributed by atoms with E-state index in [1.165, 1.54) is 11.1 Å². The molecule has 0 aliphatic carbocycles. The van der Waals surface area contributed by atoms with Crippen LogP contribution in [0.1, 0.15) is 14.0 Å². The zero-order valence-corrected chi connectivity index (χ0v) is 12.2. The summed E-state index contributed by atoms with van der Waals surface area (Å²) in [5.74, 6) is 0. The average Bonchev–Trinajstić information content (AvgIpc) is 2.30. The molecular weight excluding hydrogens is 256 g/mol. The van der Waals surface area contributed by atoms with Gasteiger partial charge in [-0.15, -0.1) is 0 Å². The summed E-state index contributed by atoms with van der Waals surface area (Å²) in [5, 5.41) is 0. The largest absolute Gasteiger partial charge is 2.00 e. The van der Waals surface area contributed by atoms with Crippen molar-refractivity contribution in [2.24, 2.45) is 0 Å². The maximum absolute atomic E-state index is 4.10. The third-order valence-electron chi connectivity index (χ3n) is 2.24. The summed E-state index contributed by atoms with van der Waals surface area (Å²) in [6.45, 7) is 4.10. The molecule has 0 amide bonds. The SMILES string of the molecule is C=C(c1ccccc1)c1ccccc1.[H-].[H-].[Sr+2]. The fourth-order valence-electron chi connectivity index (χ4n) is 1.45. The topological polar surface area (TPSA) is 0 Å². The molecule has 0 bridgehead atoms. The Bertz CT molecular complexity index is 385. The van der Waals surface area contributed by atoms with E-state index in [9.17, 15) is 0 Å². The summed E-state index contributed by atoms with van der Waals surface area (Å²) < 4.78 is 0. The monoisotopic (exact) mass is 270 g/mol. The van der Waals surface area contributed by atoms with E-state index in [1.54, 1.807) is 0 Å². The predicted molar refractivity (Wildman–Crippen MR) is 69.0 cm³/mol. The number of rotatable bonds is 2. The van der Waals surface area contributed by atoms with Crippen LogP contribution in [0.5, 0.6) is 0 Å². The molecule has 0 saturated heterocycles. The molecule has 0 saturated carbocycles. The van der Waals surface area contributed by atoms with Crippen molar-refractivity contribution in [1.82, 2.24) is 0 Å². The van der Waals surface area contributed by atoms with Gasteiger partial charge in [-0.2, -0.15) is 0 Å². The zero-order chi connectivity index (χ0) is 9.80. The van der Waals surface area contributed by atoms with E-state index in [-0.39, 0.29) is 48.3 Å². The van der Waals surface area contributed by atoms with E-state index in [2.05, 4.69) is 30.8 Å². The maximum Gasteiger partial charge on any atom is 2.00 e. The second-order valence-electron chi connectivity index (χ2n) is 3.21. The molecule has 0 nitrogen and oxygen atoms in total. The molecule has 0 heterocycles. The van der Waals surface area contributed by atoms with Crippen molar-refractivity contribution in [3.05, 3.63) is 78.4 Å². The Labute approximate surface area is 131 Å². The quantitative estimate of drug-likeness (QED) is 0.731. The second kappa shape index (κ2) is 6.29. The van der Waals surface area contributed by atoms with Gasteiger partial charge in [-0.1, -0.05) is 67.2 Å². The van der Waals surface area contributed by atoms with Gasteiger partial charge < -0.3 is 2.85 Å². The summed E-state index contributed by atoms with van der Waals surface area (Å²) in [5.41, 5.74) is 3.43. The van der Waals surface area contributed by atoms with Gasteiger partial charge in [0.2, 0.25) is 0 Å². The number of hydrogen-bond acceptors (Lipinski definition) is 0. The predicted octanol–water partition coefficient (Wildman–Crippen LogP) is 3.59. The molecule has 0 atom stereocenters. The van der Waals surface area contributed by atoms with E-state index in [0.717, 1.165) is 5.57 Å². The molecule has 0 spiro atoms. The molecule has 1 heteroatoms. The van der Waals surface area contributed by atoms with E-state index >= 15 is 0 Å². The fraction of sp³-hybridized carbons (Fsp3) is 0. The van der Waals surface area contributed by atoms with Gasteiger partial charge in [0.15, 0.2) is 0 Å².